The third kappa shape index (κ3) is 4.86. The molecule has 2 aromatic rings. The van der Waals surface area contributed by atoms with Crippen LogP contribution in [0.25, 0.3) is 0 Å². The molecular weight excluding hydrogens is 364 g/mol. The van der Waals surface area contributed by atoms with Crippen LogP contribution in [0, 0.1) is 5.92 Å². The van der Waals surface area contributed by atoms with Gasteiger partial charge in [-0.25, -0.2) is 4.98 Å². The number of carbonyl (C=O) groups excluding carboxylic acids is 2. The number of ether oxygens (including phenoxy) is 2. The van der Waals surface area contributed by atoms with Gasteiger partial charge in [-0.05, 0) is 37.5 Å². The number of methoxy groups -OCH3 is 1. The number of carbonyl (C=O) groups is 2. The van der Waals surface area contributed by atoms with Crippen LogP contribution in [0.5, 0.6) is 5.75 Å². The molecule has 1 aromatic heterocycles. The molecular formula is C20H24N2O4S. The molecule has 1 saturated heterocycles. The van der Waals surface area contributed by atoms with Gasteiger partial charge in [0.1, 0.15) is 11.4 Å². The van der Waals surface area contributed by atoms with Gasteiger partial charge in [-0.1, -0.05) is 12.1 Å². The quantitative estimate of drug-likeness (QED) is 0.711. The zero-order chi connectivity index (χ0) is 19.2. The summed E-state index contributed by atoms with van der Waals surface area (Å²) in [5.74, 6) is 0.504. The molecule has 1 fully saturated rings. The number of aromatic nitrogens is 1. The fraction of sp³-hybridized carbons (Fsp3) is 0.450. The predicted molar refractivity (Wildman–Crippen MR) is 103 cm³/mol. The zero-order valence-corrected chi connectivity index (χ0v) is 16.5. The Bertz CT molecular complexity index is 780. The van der Waals surface area contributed by atoms with E-state index in [0.29, 0.717) is 44.7 Å². The van der Waals surface area contributed by atoms with Gasteiger partial charge >= 0.3 is 5.97 Å². The Morgan fingerprint density at radius 3 is 2.56 bits per heavy atom. The van der Waals surface area contributed by atoms with E-state index in [2.05, 4.69) is 4.98 Å². The Hall–Kier alpha value is -2.41. The summed E-state index contributed by atoms with van der Waals surface area (Å²) in [5, 5.41) is 2.73. The van der Waals surface area contributed by atoms with E-state index in [9.17, 15) is 9.59 Å². The highest BCUT2D eigenvalue weighted by Crippen LogP contribution is 2.22. The molecule has 0 unspecified atom stereocenters. The van der Waals surface area contributed by atoms with Gasteiger partial charge in [0.15, 0.2) is 0 Å². The van der Waals surface area contributed by atoms with Crippen LogP contribution in [-0.4, -0.2) is 48.6 Å². The van der Waals surface area contributed by atoms with Gasteiger partial charge in [-0.2, -0.15) is 0 Å². The van der Waals surface area contributed by atoms with E-state index in [1.165, 1.54) is 11.3 Å². The summed E-state index contributed by atoms with van der Waals surface area (Å²) in [5.41, 5.74) is 1.61. The SMILES string of the molecule is CCOC(=O)C1CCN(C(=O)c2csc(Cc3ccc(OC)cc3)n2)CC1. The number of likely N-dealkylation sites (tertiary alicyclic amines) is 1. The summed E-state index contributed by atoms with van der Waals surface area (Å²) in [7, 11) is 1.64. The topological polar surface area (TPSA) is 68.7 Å². The fourth-order valence-corrected chi connectivity index (χ4v) is 3.95. The highest BCUT2D eigenvalue weighted by molar-refractivity contribution is 7.09. The summed E-state index contributed by atoms with van der Waals surface area (Å²) in [4.78, 5) is 30.8. The number of hydrogen-bond donors (Lipinski definition) is 0. The summed E-state index contributed by atoms with van der Waals surface area (Å²) in [6, 6.07) is 7.84. The van der Waals surface area contributed by atoms with Gasteiger partial charge < -0.3 is 14.4 Å². The van der Waals surface area contributed by atoms with Crippen LogP contribution in [0.2, 0.25) is 0 Å². The first-order valence-electron chi connectivity index (χ1n) is 9.14. The van der Waals surface area contributed by atoms with E-state index < -0.39 is 0 Å². The number of nitrogens with zero attached hydrogens (tertiary/aromatic N) is 2. The summed E-state index contributed by atoms with van der Waals surface area (Å²) < 4.78 is 10.2. The maximum Gasteiger partial charge on any atom is 0.309 e. The van der Waals surface area contributed by atoms with E-state index in [1.54, 1.807) is 12.0 Å². The van der Waals surface area contributed by atoms with E-state index >= 15 is 0 Å². The monoisotopic (exact) mass is 388 g/mol. The van der Waals surface area contributed by atoms with Crippen LogP contribution in [0.15, 0.2) is 29.6 Å². The first-order chi connectivity index (χ1) is 13.1. The lowest BCUT2D eigenvalue weighted by molar-refractivity contribution is -0.149. The number of thiazole rings is 1. The fourth-order valence-electron chi connectivity index (χ4n) is 3.15. The molecule has 1 aliphatic heterocycles. The Morgan fingerprint density at radius 2 is 1.93 bits per heavy atom. The first-order valence-corrected chi connectivity index (χ1v) is 10.0. The molecule has 0 bridgehead atoms. The number of esters is 1. The maximum atomic E-state index is 12.7. The van der Waals surface area contributed by atoms with Gasteiger partial charge in [-0.15, -0.1) is 11.3 Å². The summed E-state index contributed by atoms with van der Waals surface area (Å²) in [6.07, 6.45) is 1.98. The van der Waals surface area contributed by atoms with Crippen molar-refractivity contribution in [3.63, 3.8) is 0 Å². The summed E-state index contributed by atoms with van der Waals surface area (Å²) in [6.45, 7) is 3.33. The Morgan fingerprint density at radius 1 is 1.22 bits per heavy atom. The average molecular weight is 388 g/mol. The minimum absolute atomic E-state index is 0.0606. The second-order valence-electron chi connectivity index (χ2n) is 6.47. The molecule has 0 spiro atoms. The van der Waals surface area contributed by atoms with Gasteiger partial charge in [0, 0.05) is 24.9 Å². The lowest BCUT2D eigenvalue weighted by atomic mass is 9.97. The van der Waals surface area contributed by atoms with Gasteiger partial charge in [0.05, 0.1) is 24.6 Å². The van der Waals surface area contributed by atoms with E-state index in [-0.39, 0.29) is 17.8 Å². The standard InChI is InChI=1S/C20H24N2O4S/c1-3-26-20(24)15-8-10-22(11-9-15)19(23)17-13-27-18(21-17)12-14-4-6-16(25-2)7-5-14/h4-7,13,15H,3,8-12H2,1-2H3. The Balaban J connectivity index is 1.56. The smallest absolute Gasteiger partial charge is 0.309 e. The van der Waals surface area contributed by atoms with Crippen molar-refractivity contribution in [2.75, 3.05) is 26.8 Å². The number of amides is 1. The van der Waals surface area contributed by atoms with Crippen molar-refractivity contribution >= 4 is 23.2 Å². The second kappa shape index (κ2) is 8.99. The molecule has 0 radical (unpaired) electrons. The zero-order valence-electron chi connectivity index (χ0n) is 15.6. The van der Waals surface area contributed by atoms with Crippen LogP contribution in [0.3, 0.4) is 0 Å². The molecule has 27 heavy (non-hydrogen) atoms. The largest absolute Gasteiger partial charge is 0.497 e. The molecule has 7 heteroatoms. The van der Waals surface area contributed by atoms with Crippen molar-refractivity contribution < 1.29 is 19.1 Å². The normalized spacial score (nSPS) is 14.8. The molecule has 1 aromatic carbocycles. The van der Waals surface area contributed by atoms with Crippen molar-refractivity contribution in [3.05, 3.63) is 45.9 Å². The summed E-state index contributed by atoms with van der Waals surface area (Å²) >= 11 is 1.49. The van der Waals surface area contributed by atoms with Gasteiger partial charge in [0.2, 0.25) is 0 Å². The highest BCUT2D eigenvalue weighted by atomic mass is 32.1. The molecule has 2 heterocycles. The van der Waals surface area contributed by atoms with Crippen molar-refractivity contribution in [1.82, 2.24) is 9.88 Å². The van der Waals surface area contributed by atoms with Crippen LogP contribution >= 0.6 is 11.3 Å². The van der Waals surface area contributed by atoms with Crippen molar-refractivity contribution in [3.8, 4) is 5.75 Å². The van der Waals surface area contributed by atoms with Gasteiger partial charge in [0.25, 0.3) is 5.91 Å². The second-order valence-corrected chi connectivity index (χ2v) is 7.41. The van der Waals surface area contributed by atoms with Crippen LogP contribution in [0.4, 0.5) is 0 Å². The highest BCUT2D eigenvalue weighted by Gasteiger charge is 2.29. The van der Waals surface area contributed by atoms with E-state index in [4.69, 9.17) is 9.47 Å². The third-order valence-corrected chi connectivity index (χ3v) is 5.54. The lowest BCUT2D eigenvalue weighted by Crippen LogP contribution is -2.40. The average Bonchev–Trinajstić information content (AvgIpc) is 3.17. The Labute approximate surface area is 163 Å². The number of hydrogen-bond acceptors (Lipinski definition) is 6. The molecule has 0 N–H and O–H groups in total. The molecule has 0 aliphatic carbocycles. The minimum atomic E-state index is -0.153. The predicted octanol–water partition coefficient (Wildman–Crippen LogP) is 3.16. The van der Waals surface area contributed by atoms with Crippen molar-refractivity contribution in [2.24, 2.45) is 5.92 Å². The molecule has 0 saturated carbocycles. The van der Waals surface area contributed by atoms with E-state index in [0.717, 1.165) is 16.3 Å². The van der Waals surface area contributed by atoms with Crippen LogP contribution < -0.4 is 4.74 Å². The molecule has 6 nitrogen and oxygen atoms in total. The third-order valence-electron chi connectivity index (χ3n) is 4.69. The molecule has 1 aliphatic rings. The molecule has 3 rings (SSSR count). The number of benzene rings is 1. The first kappa shape index (κ1) is 19.4. The number of piperidine rings is 1. The molecule has 0 atom stereocenters. The molecule has 1 amide bonds. The van der Waals surface area contributed by atoms with Crippen molar-refractivity contribution in [2.45, 2.75) is 26.2 Å². The lowest BCUT2D eigenvalue weighted by Gasteiger charge is -2.30. The Kier molecular flexibility index (Phi) is 6.45. The number of rotatable bonds is 6. The maximum absolute atomic E-state index is 12.7. The van der Waals surface area contributed by atoms with Crippen LogP contribution in [0.1, 0.15) is 40.8 Å². The van der Waals surface area contributed by atoms with E-state index in [1.807, 2.05) is 36.6 Å². The van der Waals surface area contributed by atoms with Crippen molar-refractivity contribution in [1.29, 1.82) is 0 Å². The van der Waals surface area contributed by atoms with Crippen LogP contribution in [-0.2, 0) is 16.0 Å². The van der Waals surface area contributed by atoms with Gasteiger partial charge in [-0.3, -0.25) is 9.59 Å². The molecule has 144 valence electrons. The minimum Gasteiger partial charge on any atom is -0.497 e.